The van der Waals surface area contributed by atoms with Crippen molar-refractivity contribution in [2.75, 3.05) is 16.8 Å². The fourth-order valence-electron chi connectivity index (χ4n) is 2.73. The zero-order valence-electron chi connectivity index (χ0n) is 13.4. The quantitative estimate of drug-likeness (QED) is 0.797. The van der Waals surface area contributed by atoms with Crippen LogP contribution in [0, 0.1) is 12.8 Å². The number of nitrogens with one attached hydrogen (secondary N) is 1. The van der Waals surface area contributed by atoms with Crippen LogP contribution in [0.2, 0.25) is 15.1 Å². The van der Waals surface area contributed by atoms with Crippen molar-refractivity contribution >= 4 is 58.0 Å². The summed E-state index contributed by atoms with van der Waals surface area (Å²) in [6.07, 6.45) is 0.119. The number of anilines is 2. The molecule has 1 atom stereocenters. The lowest BCUT2D eigenvalue weighted by molar-refractivity contribution is -0.122. The molecule has 1 N–H and O–H groups in total. The summed E-state index contributed by atoms with van der Waals surface area (Å²) in [5, 5.41) is 4.06. The van der Waals surface area contributed by atoms with Gasteiger partial charge in [0.1, 0.15) is 0 Å². The van der Waals surface area contributed by atoms with Crippen LogP contribution in [0.5, 0.6) is 0 Å². The molecular weight excluding hydrogens is 383 g/mol. The highest BCUT2D eigenvalue weighted by atomic mass is 35.5. The lowest BCUT2D eigenvalue weighted by atomic mass is 10.1. The number of hydrogen-bond donors (Lipinski definition) is 1. The Morgan fingerprint density at radius 3 is 2.64 bits per heavy atom. The molecule has 2 amide bonds. The number of nitrogens with zero attached hydrogens (tertiary/aromatic N) is 1. The van der Waals surface area contributed by atoms with E-state index in [0.29, 0.717) is 26.4 Å². The number of amides is 2. The first-order chi connectivity index (χ1) is 11.9. The lowest BCUT2D eigenvalue weighted by Gasteiger charge is -2.18. The van der Waals surface area contributed by atoms with E-state index in [0.717, 1.165) is 5.56 Å². The van der Waals surface area contributed by atoms with Crippen molar-refractivity contribution in [2.24, 2.45) is 5.92 Å². The van der Waals surface area contributed by atoms with Crippen LogP contribution >= 0.6 is 34.8 Å². The van der Waals surface area contributed by atoms with E-state index >= 15 is 0 Å². The summed E-state index contributed by atoms with van der Waals surface area (Å²) < 4.78 is 0. The van der Waals surface area contributed by atoms with Crippen LogP contribution in [0.15, 0.2) is 36.4 Å². The maximum absolute atomic E-state index is 12.5. The van der Waals surface area contributed by atoms with Gasteiger partial charge in [-0.25, -0.2) is 0 Å². The number of aryl methyl sites for hydroxylation is 1. The van der Waals surface area contributed by atoms with Crippen LogP contribution in [0.1, 0.15) is 12.0 Å². The van der Waals surface area contributed by atoms with E-state index in [1.165, 1.54) is 4.90 Å². The van der Waals surface area contributed by atoms with Crippen molar-refractivity contribution in [1.29, 1.82) is 0 Å². The Hall–Kier alpha value is -1.75. The molecular formula is C18H15Cl3N2O2. The first-order valence-corrected chi connectivity index (χ1v) is 8.81. The lowest BCUT2D eigenvalue weighted by Crippen LogP contribution is -2.28. The van der Waals surface area contributed by atoms with Crippen LogP contribution in [0.3, 0.4) is 0 Å². The van der Waals surface area contributed by atoms with Crippen molar-refractivity contribution in [3.8, 4) is 0 Å². The molecule has 4 nitrogen and oxygen atoms in total. The summed E-state index contributed by atoms with van der Waals surface area (Å²) >= 11 is 18.3. The summed E-state index contributed by atoms with van der Waals surface area (Å²) in [4.78, 5) is 26.3. The van der Waals surface area contributed by atoms with Crippen LogP contribution in [0.4, 0.5) is 11.4 Å². The third-order valence-corrected chi connectivity index (χ3v) is 5.37. The number of hydrogen-bond acceptors (Lipinski definition) is 2. The summed E-state index contributed by atoms with van der Waals surface area (Å²) in [5.41, 5.74) is 2.05. The van der Waals surface area contributed by atoms with Gasteiger partial charge in [-0.1, -0.05) is 46.9 Å². The number of halogens is 3. The summed E-state index contributed by atoms with van der Waals surface area (Å²) in [5.74, 6) is -0.859. The van der Waals surface area contributed by atoms with E-state index in [-0.39, 0.29) is 24.8 Å². The van der Waals surface area contributed by atoms with Gasteiger partial charge in [0, 0.05) is 23.7 Å². The van der Waals surface area contributed by atoms with Gasteiger partial charge >= 0.3 is 0 Å². The second-order valence-corrected chi connectivity index (χ2v) is 7.12. The van der Waals surface area contributed by atoms with E-state index in [9.17, 15) is 9.59 Å². The third-order valence-electron chi connectivity index (χ3n) is 4.16. The molecule has 0 spiro atoms. The predicted molar refractivity (Wildman–Crippen MR) is 102 cm³/mol. The molecule has 7 heteroatoms. The van der Waals surface area contributed by atoms with Crippen molar-refractivity contribution in [3.05, 3.63) is 57.0 Å². The topological polar surface area (TPSA) is 49.4 Å². The Balaban J connectivity index is 1.74. The summed E-state index contributed by atoms with van der Waals surface area (Å²) in [7, 11) is 0. The highest BCUT2D eigenvalue weighted by Gasteiger charge is 2.36. The zero-order chi connectivity index (χ0) is 18.1. The average molecular weight is 398 g/mol. The molecule has 25 heavy (non-hydrogen) atoms. The van der Waals surface area contributed by atoms with E-state index in [1.54, 1.807) is 30.3 Å². The molecule has 0 saturated carbocycles. The Morgan fingerprint density at radius 1 is 1.16 bits per heavy atom. The van der Waals surface area contributed by atoms with E-state index < -0.39 is 5.92 Å². The molecule has 1 fully saturated rings. The van der Waals surface area contributed by atoms with Gasteiger partial charge in [0.2, 0.25) is 11.8 Å². The standard InChI is InChI=1S/C18H15Cl3N2O2/c1-10-5-6-12(8-14(10)20)22-18(25)11-7-16(24)23(9-11)15-4-2-3-13(19)17(15)21/h2-6,8,11H,7,9H2,1H3,(H,22,25). The second-order valence-electron chi connectivity index (χ2n) is 5.93. The largest absolute Gasteiger partial charge is 0.326 e. The third kappa shape index (κ3) is 3.76. The summed E-state index contributed by atoms with van der Waals surface area (Å²) in [6.45, 7) is 2.14. The predicted octanol–water partition coefficient (Wildman–Crippen LogP) is 4.95. The van der Waals surface area contributed by atoms with E-state index in [2.05, 4.69) is 5.32 Å². The van der Waals surface area contributed by atoms with Crippen LogP contribution in [0.25, 0.3) is 0 Å². The van der Waals surface area contributed by atoms with Crippen LogP contribution < -0.4 is 10.2 Å². The fourth-order valence-corrected chi connectivity index (χ4v) is 3.31. The van der Waals surface area contributed by atoms with Gasteiger partial charge in [0.15, 0.2) is 0 Å². The first kappa shape index (κ1) is 18.1. The van der Waals surface area contributed by atoms with Crippen molar-refractivity contribution in [3.63, 3.8) is 0 Å². The normalized spacial score (nSPS) is 17.0. The van der Waals surface area contributed by atoms with Crippen molar-refractivity contribution in [1.82, 2.24) is 0 Å². The molecule has 130 valence electrons. The number of rotatable bonds is 3. The van der Waals surface area contributed by atoms with Gasteiger partial charge in [-0.15, -0.1) is 0 Å². The monoisotopic (exact) mass is 396 g/mol. The smallest absolute Gasteiger partial charge is 0.229 e. The minimum Gasteiger partial charge on any atom is -0.326 e. The highest BCUT2D eigenvalue weighted by Crippen LogP contribution is 2.36. The molecule has 1 heterocycles. The maximum atomic E-state index is 12.5. The van der Waals surface area contributed by atoms with Crippen molar-refractivity contribution < 1.29 is 9.59 Å². The molecule has 2 aromatic rings. The molecule has 2 aromatic carbocycles. The van der Waals surface area contributed by atoms with Gasteiger partial charge in [0.05, 0.1) is 21.7 Å². The number of benzene rings is 2. The first-order valence-electron chi connectivity index (χ1n) is 7.68. The van der Waals surface area contributed by atoms with Crippen molar-refractivity contribution in [2.45, 2.75) is 13.3 Å². The van der Waals surface area contributed by atoms with E-state index in [1.807, 2.05) is 13.0 Å². The SMILES string of the molecule is Cc1ccc(NC(=O)C2CC(=O)N(c3cccc(Cl)c3Cl)C2)cc1Cl. The Labute approximate surface area is 160 Å². The molecule has 1 unspecified atom stereocenters. The minimum absolute atomic E-state index is 0.119. The minimum atomic E-state index is -0.470. The Morgan fingerprint density at radius 2 is 1.92 bits per heavy atom. The molecule has 0 bridgehead atoms. The maximum Gasteiger partial charge on any atom is 0.229 e. The average Bonchev–Trinajstić information content (AvgIpc) is 2.95. The van der Waals surface area contributed by atoms with Crippen LogP contribution in [-0.4, -0.2) is 18.4 Å². The molecule has 1 aliphatic heterocycles. The van der Waals surface area contributed by atoms with Crippen LogP contribution in [-0.2, 0) is 9.59 Å². The zero-order valence-corrected chi connectivity index (χ0v) is 15.6. The molecule has 0 radical (unpaired) electrons. The van der Waals surface area contributed by atoms with Gasteiger partial charge in [0.25, 0.3) is 0 Å². The molecule has 1 aliphatic rings. The second kappa shape index (κ2) is 7.24. The number of carbonyl (C=O) groups is 2. The molecule has 0 aliphatic carbocycles. The summed E-state index contributed by atoms with van der Waals surface area (Å²) in [6, 6.07) is 10.4. The van der Waals surface area contributed by atoms with Gasteiger partial charge in [-0.05, 0) is 36.8 Å². The molecule has 0 aromatic heterocycles. The molecule has 3 rings (SSSR count). The highest BCUT2D eigenvalue weighted by molar-refractivity contribution is 6.44. The molecule has 1 saturated heterocycles. The van der Waals surface area contributed by atoms with E-state index in [4.69, 9.17) is 34.8 Å². The van der Waals surface area contributed by atoms with Gasteiger partial charge in [-0.2, -0.15) is 0 Å². The number of carbonyl (C=O) groups excluding carboxylic acids is 2. The van der Waals surface area contributed by atoms with Gasteiger partial charge < -0.3 is 10.2 Å². The Kier molecular flexibility index (Phi) is 5.23. The Bertz CT molecular complexity index is 854. The van der Waals surface area contributed by atoms with Gasteiger partial charge in [-0.3, -0.25) is 9.59 Å². The fraction of sp³-hybridized carbons (Fsp3) is 0.222.